The van der Waals surface area contributed by atoms with E-state index in [0.717, 1.165) is 0 Å². The highest BCUT2D eigenvalue weighted by molar-refractivity contribution is 5.83. The largest absolute Gasteiger partial charge is 0.480 e. The second kappa shape index (κ2) is 5.24. The number of hydrogen-bond acceptors (Lipinski definition) is 4. The zero-order valence-corrected chi connectivity index (χ0v) is 9.12. The molecule has 0 aliphatic carbocycles. The molecule has 1 unspecified atom stereocenters. The van der Waals surface area contributed by atoms with Crippen molar-refractivity contribution in [3.63, 3.8) is 0 Å². The first-order chi connectivity index (χ1) is 7.50. The summed E-state index contributed by atoms with van der Waals surface area (Å²) in [4.78, 5) is 26.0. The molecule has 2 N–H and O–H groups in total. The van der Waals surface area contributed by atoms with Gasteiger partial charge in [-0.25, -0.2) is 14.5 Å². The van der Waals surface area contributed by atoms with Gasteiger partial charge >= 0.3 is 5.97 Å². The first kappa shape index (κ1) is 12.2. The molecule has 0 radical (unpaired) electrons. The number of hydrogen-bond donors (Lipinski definition) is 2. The van der Waals surface area contributed by atoms with Gasteiger partial charge in [0.1, 0.15) is 25.2 Å². The number of carboxylic acids is 1. The molecular formula is C9H14N4O3. The van der Waals surface area contributed by atoms with Gasteiger partial charge in [-0.1, -0.05) is 13.8 Å². The minimum atomic E-state index is -1.04. The third kappa shape index (κ3) is 3.34. The molecule has 7 nitrogen and oxygen atoms in total. The van der Waals surface area contributed by atoms with E-state index in [2.05, 4.69) is 15.4 Å². The van der Waals surface area contributed by atoms with Gasteiger partial charge in [0.2, 0.25) is 5.91 Å². The van der Waals surface area contributed by atoms with Crippen LogP contribution in [0.15, 0.2) is 12.7 Å². The summed E-state index contributed by atoms with van der Waals surface area (Å²) in [7, 11) is 0. The lowest BCUT2D eigenvalue weighted by Crippen LogP contribution is -2.45. The minimum absolute atomic E-state index is 0.0312. The van der Waals surface area contributed by atoms with Crippen LogP contribution in [-0.2, 0) is 16.1 Å². The van der Waals surface area contributed by atoms with Crippen molar-refractivity contribution in [2.75, 3.05) is 0 Å². The predicted octanol–water partition coefficient (Wildman–Crippen LogP) is -0.497. The van der Waals surface area contributed by atoms with Crippen molar-refractivity contribution in [3.8, 4) is 0 Å². The van der Waals surface area contributed by atoms with Crippen molar-refractivity contribution in [1.29, 1.82) is 0 Å². The molecule has 1 aromatic rings. The molecule has 1 rings (SSSR count). The quantitative estimate of drug-likeness (QED) is 0.705. The average molecular weight is 226 g/mol. The zero-order valence-electron chi connectivity index (χ0n) is 9.12. The molecule has 1 heterocycles. The molecule has 0 fully saturated rings. The third-order valence-corrected chi connectivity index (χ3v) is 2.02. The topological polar surface area (TPSA) is 97.1 Å². The molecule has 16 heavy (non-hydrogen) atoms. The molecule has 7 heteroatoms. The smallest absolute Gasteiger partial charge is 0.326 e. The fourth-order valence-corrected chi connectivity index (χ4v) is 1.19. The second-order valence-corrected chi connectivity index (χ2v) is 3.72. The van der Waals surface area contributed by atoms with Gasteiger partial charge in [0.15, 0.2) is 0 Å². The van der Waals surface area contributed by atoms with E-state index in [0.29, 0.717) is 0 Å². The fourth-order valence-electron chi connectivity index (χ4n) is 1.19. The lowest BCUT2D eigenvalue weighted by Gasteiger charge is -2.17. The lowest BCUT2D eigenvalue weighted by atomic mass is 10.1. The first-order valence-corrected chi connectivity index (χ1v) is 4.85. The van der Waals surface area contributed by atoms with Gasteiger partial charge in [-0.15, -0.1) is 0 Å². The van der Waals surface area contributed by atoms with Crippen LogP contribution in [0.1, 0.15) is 13.8 Å². The Morgan fingerprint density at radius 1 is 1.50 bits per heavy atom. The van der Waals surface area contributed by atoms with Crippen LogP contribution >= 0.6 is 0 Å². The van der Waals surface area contributed by atoms with E-state index in [9.17, 15) is 9.59 Å². The fraction of sp³-hybridized carbons (Fsp3) is 0.556. The normalized spacial score (nSPS) is 12.4. The number of carbonyl (C=O) groups is 2. The predicted molar refractivity (Wildman–Crippen MR) is 54.4 cm³/mol. The van der Waals surface area contributed by atoms with Crippen LogP contribution in [0.25, 0.3) is 0 Å². The first-order valence-electron chi connectivity index (χ1n) is 4.85. The van der Waals surface area contributed by atoms with Crippen molar-refractivity contribution < 1.29 is 14.7 Å². The van der Waals surface area contributed by atoms with Crippen LogP contribution in [-0.4, -0.2) is 37.8 Å². The highest BCUT2D eigenvalue weighted by Gasteiger charge is 2.23. The van der Waals surface area contributed by atoms with Gasteiger partial charge in [0.05, 0.1) is 0 Å². The highest BCUT2D eigenvalue weighted by Crippen LogP contribution is 2.01. The van der Waals surface area contributed by atoms with Crippen LogP contribution in [0.2, 0.25) is 0 Å². The summed E-state index contributed by atoms with van der Waals surface area (Å²) >= 11 is 0. The van der Waals surface area contributed by atoms with Gasteiger partial charge in [-0.05, 0) is 5.92 Å². The highest BCUT2D eigenvalue weighted by atomic mass is 16.4. The number of aromatic nitrogens is 3. The number of rotatable bonds is 5. The van der Waals surface area contributed by atoms with E-state index in [1.807, 2.05) is 0 Å². The molecule has 0 bridgehead atoms. The molecule has 1 aromatic heterocycles. The molecule has 1 atom stereocenters. The number of nitrogens with one attached hydrogen (secondary N) is 1. The van der Waals surface area contributed by atoms with E-state index in [-0.39, 0.29) is 12.5 Å². The van der Waals surface area contributed by atoms with Gasteiger partial charge in [0, 0.05) is 0 Å². The van der Waals surface area contributed by atoms with Crippen LogP contribution in [0, 0.1) is 5.92 Å². The molecule has 88 valence electrons. The van der Waals surface area contributed by atoms with E-state index >= 15 is 0 Å². The van der Waals surface area contributed by atoms with Crippen molar-refractivity contribution >= 4 is 11.9 Å². The Hall–Kier alpha value is -1.92. The maximum atomic E-state index is 11.5. The molecule has 0 aliphatic heterocycles. The molecule has 0 saturated carbocycles. The third-order valence-electron chi connectivity index (χ3n) is 2.02. The summed E-state index contributed by atoms with van der Waals surface area (Å²) in [5.74, 6) is -1.61. The second-order valence-electron chi connectivity index (χ2n) is 3.72. The van der Waals surface area contributed by atoms with Gasteiger partial charge in [0.25, 0.3) is 0 Å². The Morgan fingerprint density at radius 2 is 2.19 bits per heavy atom. The summed E-state index contributed by atoms with van der Waals surface area (Å²) in [6.07, 6.45) is 2.70. The zero-order chi connectivity index (χ0) is 12.1. The SMILES string of the molecule is CC(C)C(NC(=O)Cn1cncn1)C(=O)O. The Morgan fingerprint density at radius 3 is 2.62 bits per heavy atom. The van der Waals surface area contributed by atoms with Crippen LogP contribution in [0.5, 0.6) is 0 Å². The van der Waals surface area contributed by atoms with E-state index in [1.54, 1.807) is 13.8 Å². The Bertz CT molecular complexity index is 361. The van der Waals surface area contributed by atoms with Gasteiger partial charge in [-0.3, -0.25) is 4.79 Å². The number of amides is 1. The summed E-state index contributed by atoms with van der Waals surface area (Å²) in [5.41, 5.74) is 0. The van der Waals surface area contributed by atoms with E-state index < -0.39 is 17.9 Å². The van der Waals surface area contributed by atoms with Gasteiger partial charge in [-0.2, -0.15) is 5.10 Å². The monoisotopic (exact) mass is 226 g/mol. The van der Waals surface area contributed by atoms with Crippen molar-refractivity contribution in [2.45, 2.75) is 26.4 Å². The maximum Gasteiger partial charge on any atom is 0.326 e. The van der Waals surface area contributed by atoms with E-state index in [4.69, 9.17) is 5.11 Å². The Kier molecular flexibility index (Phi) is 3.98. The molecule has 0 spiro atoms. The number of nitrogens with zero attached hydrogens (tertiary/aromatic N) is 3. The standard InChI is InChI=1S/C9H14N4O3/c1-6(2)8(9(15)16)12-7(14)3-13-5-10-4-11-13/h4-6,8H,3H2,1-2H3,(H,12,14)(H,15,16). The van der Waals surface area contributed by atoms with Crippen LogP contribution in [0.4, 0.5) is 0 Å². The summed E-state index contributed by atoms with van der Waals surface area (Å²) in [6.45, 7) is 3.43. The Labute approximate surface area is 92.5 Å². The molecule has 0 aromatic carbocycles. The lowest BCUT2D eigenvalue weighted by molar-refractivity contribution is -0.143. The van der Waals surface area contributed by atoms with Crippen molar-refractivity contribution in [2.24, 2.45) is 5.92 Å². The van der Waals surface area contributed by atoms with Gasteiger partial charge < -0.3 is 10.4 Å². The van der Waals surface area contributed by atoms with Crippen LogP contribution in [0.3, 0.4) is 0 Å². The van der Waals surface area contributed by atoms with Crippen molar-refractivity contribution in [1.82, 2.24) is 20.1 Å². The summed E-state index contributed by atoms with van der Waals surface area (Å²) in [5, 5.41) is 15.0. The van der Waals surface area contributed by atoms with Crippen LogP contribution < -0.4 is 5.32 Å². The summed E-state index contributed by atoms with van der Waals surface area (Å²) in [6, 6.07) is -0.879. The molecule has 1 amide bonds. The molecular weight excluding hydrogens is 212 g/mol. The van der Waals surface area contributed by atoms with Crippen molar-refractivity contribution in [3.05, 3.63) is 12.7 Å². The molecule has 0 aliphatic rings. The minimum Gasteiger partial charge on any atom is -0.480 e. The Balaban J connectivity index is 2.52. The maximum absolute atomic E-state index is 11.5. The number of carbonyl (C=O) groups excluding carboxylic acids is 1. The van der Waals surface area contributed by atoms with E-state index in [1.165, 1.54) is 17.3 Å². The molecule has 0 saturated heterocycles. The number of aliphatic carboxylic acids is 1. The number of carboxylic acid groups (broad SMARTS) is 1. The summed E-state index contributed by atoms with van der Waals surface area (Å²) < 4.78 is 1.33. The average Bonchev–Trinajstić information content (AvgIpc) is 2.65.